The van der Waals surface area contributed by atoms with Crippen molar-refractivity contribution >= 4 is 17.3 Å². The van der Waals surface area contributed by atoms with Crippen LogP contribution in [0.4, 0.5) is 11.4 Å². The molecule has 1 aromatic rings. The number of nitrogens with zero attached hydrogens (tertiary/aromatic N) is 1. The van der Waals surface area contributed by atoms with E-state index < -0.39 is 0 Å². The molecule has 0 aromatic carbocycles. The first-order valence-corrected chi connectivity index (χ1v) is 4.81. The van der Waals surface area contributed by atoms with E-state index in [4.69, 9.17) is 10.5 Å². The van der Waals surface area contributed by atoms with E-state index in [1.165, 1.54) is 6.20 Å². The first kappa shape index (κ1) is 11.5. The fourth-order valence-corrected chi connectivity index (χ4v) is 1.02. The van der Waals surface area contributed by atoms with E-state index >= 15 is 0 Å². The van der Waals surface area contributed by atoms with Crippen LogP contribution in [0.1, 0.15) is 13.3 Å². The molecule has 0 aliphatic carbocycles. The minimum absolute atomic E-state index is 0.0512. The molecule has 0 radical (unpaired) electrons. The molecular weight excluding hydrogens is 194 g/mol. The van der Waals surface area contributed by atoms with Gasteiger partial charge in [0, 0.05) is 12.8 Å². The number of rotatable bonds is 5. The molecule has 5 heteroatoms. The average molecular weight is 209 g/mol. The molecule has 0 atom stereocenters. The van der Waals surface area contributed by atoms with Crippen molar-refractivity contribution in [2.24, 2.45) is 0 Å². The summed E-state index contributed by atoms with van der Waals surface area (Å²) in [6.07, 6.45) is 3.95. The Labute approximate surface area is 88.6 Å². The number of carbonyl (C=O) groups excluding carboxylic acids is 1. The van der Waals surface area contributed by atoms with Crippen molar-refractivity contribution in [3.8, 4) is 0 Å². The number of amides is 1. The van der Waals surface area contributed by atoms with Crippen molar-refractivity contribution in [3.05, 3.63) is 18.5 Å². The lowest BCUT2D eigenvalue weighted by Crippen LogP contribution is -2.19. The van der Waals surface area contributed by atoms with Crippen LogP contribution in [-0.2, 0) is 9.53 Å². The number of nitrogens with one attached hydrogen (secondary N) is 1. The van der Waals surface area contributed by atoms with Crippen LogP contribution >= 0.6 is 0 Å². The molecule has 1 amide bonds. The van der Waals surface area contributed by atoms with E-state index in [0.717, 1.165) is 6.42 Å². The highest BCUT2D eigenvalue weighted by molar-refractivity contribution is 5.94. The summed E-state index contributed by atoms with van der Waals surface area (Å²) < 4.78 is 5.09. The fraction of sp³-hybridized carbons (Fsp3) is 0.400. The zero-order valence-corrected chi connectivity index (χ0v) is 8.69. The zero-order chi connectivity index (χ0) is 11.1. The van der Waals surface area contributed by atoms with E-state index in [1.807, 2.05) is 6.92 Å². The topological polar surface area (TPSA) is 77.2 Å². The summed E-state index contributed by atoms with van der Waals surface area (Å²) in [6, 6.07) is 1.65. The molecule has 0 spiro atoms. The van der Waals surface area contributed by atoms with Crippen LogP contribution in [0.2, 0.25) is 0 Å². The van der Waals surface area contributed by atoms with E-state index in [2.05, 4.69) is 10.3 Å². The first-order valence-electron chi connectivity index (χ1n) is 4.81. The zero-order valence-electron chi connectivity index (χ0n) is 8.69. The van der Waals surface area contributed by atoms with Gasteiger partial charge in [0.2, 0.25) is 5.91 Å². The molecular formula is C10H15N3O2. The summed E-state index contributed by atoms with van der Waals surface area (Å²) in [5.74, 6) is -0.207. The predicted octanol–water partition coefficient (Wildman–Crippen LogP) is 1.03. The minimum Gasteiger partial charge on any atom is -0.396 e. The molecule has 0 unspecified atom stereocenters. The maximum atomic E-state index is 11.3. The molecule has 0 saturated heterocycles. The van der Waals surface area contributed by atoms with Gasteiger partial charge in [-0.3, -0.25) is 9.78 Å². The molecule has 0 fully saturated rings. The third-order valence-electron chi connectivity index (χ3n) is 1.71. The minimum atomic E-state index is -0.207. The Bertz CT molecular complexity index is 328. The predicted molar refractivity (Wildman–Crippen MR) is 58.4 cm³/mol. The Balaban J connectivity index is 2.41. The Morgan fingerprint density at radius 1 is 1.67 bits per heavy atom. The molecule has 15 heavy (non-hydrogen) atoms. The fourth-order valence-electron chi connectivity index (χ4n) is 1.02. The maximum absolute atomic E-state index is 11.3. The van der Waals surface area contributed by atoms with E-state index in [1.54, 1.807) is 12.3 Å². The second-order valence-corrected chi connectivity index (χ2v) is 3.06. The number of pyridine rings is 1. The van der Waals surface area contributed by atoms with Crippen molar-refractivity contribution in [1.29, 1.82) is 0 Å². The van der Waals surface area contributed by atoms with Crippen LogP contribution in [0, 0.1) is 0 Å². The number of hydrogen-bond donors (Lipinski definition) is 2. The number of ether oxygens (including phenoxy) is 1. The van der Waals surface area contributed by atoms with Gasteiger partial charge in [0.15, 0.2) is 0 Å². The number of aromatic nitrogens is 1. The summed E-state index contributed by atoms with van der Waals surface area (Å²) in [5.41, 5.74) is 6.62. The lowest BCUT2D eigenvalue weighted by Gasteiger charge is -2.07. The van der Waals surface area contributed by atoms with Gasteiger partial charge in [-0.15, -0.1) is 0 Å². The number of nitrogen functional groups attached to an aromatic ring is 1. The first-order chi connectivity index (χ1) is 7.24. The molecule has 82 valence electrons. The monoisotopic (exact) mass is 209 g/mol. The normalized spacial score (nSPS) is 9.93. The van der Waals surface area contributed by atoms with Gasteiger partial charge >= 0.3 is 0 Å². The lowest BCUT2D eigenvalue weighted by molar-refractivity contribution is -0.120. The highest BCUT2D eigenvalue weighted by Gasteiger charge is 2.04. The van der Waals surface area contributed by atoms with Gasteiger partial charge in [-0.2, -0.15) is 0 Å². The van der Waals surface area contributed by atoms with Crippen LogP contribution in [0.5, 0.6) is 0 Å². The second kappa shape index (κ2) is 5.98. The van der Waals surface area contributed by atoms with Gasteiger partial charge in [0.1, 0.15) is 6.61 Å². The largest absolute Gasteiger partial charge is 0.396 e. The SMILES string of the molecule is CCCOCC(=O)Nc1ccncc1N. The van der Waals surface area contributed by atoms with Crippen LogP contribution < -0.4 is 11.1 Å². The van der Waals surface area contributed by atoms with Crippen LogP contribution in [-0.4, -0.2) is 24.1 Å². The van der Waals surface area contributed by atoms with Crippen molar-refractivity contribution < 1.29 is 9.53 Å². The van der Waals surface area contributed by atoms with Crippen molar-refractivity contribution in [2.75, 3.05) is 24.3 Å². The van der Waals surface area contributed by atoms with Gasteiger partial charge in [0.05, 0.1) is 17.6 Å². The van der Waals surface area contributed by atoms with Crippen LogP contribution in [0.3, 0.4) is 0 Å². The number of hydrogen-bond acceptors (Lipinski definition) is 4. The quantitative estimate of drug-likeness (QED) is 0.710. The summed E-state index contributed by atoms with van der Waals surface area (Å²) in [6.45, 7) is 2.62. The van der Waals surface area contributed by atoms with Gasteiger partial charge in [-0.05, 0) is 12.5 Å². The Kier molecular flexibility index (Phi) is 4.56. The Hall–Kier alpha value is -1.62. The van der Waals surface area contributed by atoms with E-state index in [-0.39, 0.29) is 12.5 Å². The van der Waals surface area contributed by atoms with Crippen LogP contribution in [0.15, 0.2) is 18.5 Å². The van der Waals surface area contributed by atoms with Gasteiger partial charge in [-0.25, -0.2) is 0 Å². The van der Waals surface area contributed by atoms with Crippen molar-refractivity contribution in [2.45, 2.75) is 13.3 Å². The van der Waals surface area contributed by atoms with Crippen molar-refractivity contribution in [3.63, 3.8) is 0 Å². The average Bonchev–Trinajstić information content (AvgIpc) is 2.22. The Morgan fingerprint density at radius 2 is 2.47 bits per heavy atom. The third kappa shape index (κ3) is 3.95. The summed E-state index contributed by atoms with van der Waals surface area (Å²) >= 11 is 0. The van der Waals surface area contributed by atoms with Crippen LogP contribution in [0.25, 0.3) is 0 Å². The molecule has 1 aromatic heterocycles. The third-order valence-corrected chi connectivity index (χ3v) is 1.71. The maximum Gasteiger partial charge on any atom is 0.250 e. The highest BCUT2D eigenvalue weighted by atomic mass is 16.5. The molecule has 0 saturated carbocycles. The molecule has 1 heterocycles. The molecule has 5 nitrogen and oxygen atoms in total. The smallest absolute Gasteiger partial charge is 0.250 e. The Morgan fingerprint density at radius 3 is 3.13 bits per heavy atom. The van der Waals surface area contributed by atoms with Crippen molar-refractivity contribution in [1.82, 2.24) is 4.98 Å². The number of nitrogens with two attached hydrogens (primary N) is 1. The highest BCUT2D eigenvalue weighted by Crippen LogP contribution is 2.14. The molecule has 1 rings (SSSR count). The molecule has 0 aliphatic heterocycles. The van der Waals surface area contributed by atoms with E-state index in [9.17, 15) is 4.79 Å². The van der Waals surface area contributed by atoms with Gasteiger partial charge in [-0.1, -0.05) is 6.92 Å². The standard InChI is InChI=1S/C10H15N3O2/c1-2-5-15-7-10(14)13-9-3-4-12-6-8(9)11/h3-4,6H,2,5,7,11H2,1H3,(H,12,13,14). The molecule has 3 N–H and O–H groups in total. The molecule has 0 bridgehead atoms. The lowest BCUT2D eigenvalue weighted by atomic mass is 10.3. The van der Waals surface area contributed by atoms with Gasteiger partial charge in [0.25, 0.3) is 0 Å². The number of anilines is 2. The van der Waals surface area contributed by atoms with E-state index in [0.29, 0.717) is 18.0 Å². The summed E-state index contributed by atoms with van der Waals surface area (Å²) in [7, 11) is 0. The molecule has 0 aliphatic rings. The summed E-state index contributed by atoms with van der Waals surface area (Å²) in [5, 5.41) is 2.64. The second-order valence-electron chi connectivity index (χ2n) is 3.06. The summed E-state index contributed by atoms with van der Waals surface area (Å²) in [4.78, 5) is 15.1. The number of carbonyl (C=O) groups is 1. The van der Waals surface area contributed by atoms with Gasteiger partial charge < -0.3 is 15.8 Å².